The van der Waals surface area contributed by atoms with Gasteiger partial charge in [-0.25, -0.2) is 4.98 Å². The quantitative estimate of drug-likeness (QED) is 0.401. The number of ketones is 1. The number of halogens is 3. The molecule has 5 rings (SSSR count). The second-order valence-electron chi connectivity index (χ2n) is 9.79. The first-order valence-electron chi connectivity index (χ1n) is 12.2. The normalized spacial score (nSPS) is 18.5. The molecule has 0 unspecified atom stereocenters. The Morgan fingerprint density at radius 1 is 0.943 bits per heavy atom. The van der Waals surface area contributed by atoms with Crippen molar-refractivity contribution in [2.24, 2.45) is 5.92 Å². The zero-order valence-electron chi connectivity index (χ0n) is 19.5. The van der Waals surface area contributed by atoms with E-state index in [-0.39, 0.29) is 11.3 Å². The number of carbonyl (C=O) groups is 2. The van der Waals surface area contributed by atoms with Crippen LogP contribution < -0.4 is 4.90 Å². The number of Topliss-reactive ketones (excluding diaryl/α,β-unsaturated/α-hetero) is 1. The lowest BCUT2D eigenvalue weighted by Crippen LogP contribution is -2.35. The highest BCUT2D eigenvalue weighted by Gasteiger charge is 2.38. The van der Waals surface area contributed by atoms with E-state index in [1.54, 1.807) is 6.20 Å². The van der Waals surface area contributed by atoms with Gasteiger partial charge in [0.15, 0.2) is 5.78 Å². The molecule has 3 heterocycles. The maximum absolute atomic E-state index is 13.3. The molecule has 1 amide bonds. The summed E-state index contributed by atoms with van der Waals surface area (Å²) in [5.41, 5.74) is 1.50. The number of benzene rings is 1. The fraction of sp³-hybridized carbons (Fsp3) is 0.444. The smallest absolute Gasteiger partial charge is 0.348 e. The number of amides is 1. The Morgan fingerprint density at radius 2 is 1.63 bits per heavy atom. The van der Waals surface area contributed by atoms with Crippen LogP contribution in [0.3, 0.4) is 0 Å². The van der Waals surface area contributed by atoms with Crippen LogP contribution in [0, 0.1) is 5.92 Å². The Bertz CT molecular complexity index is 1130. The SMILES string of the molecule is O=C(CCC1CCCC1)c1ccc(N2CC3=C(CN(C(=O)c4ccccc4C(F)(F)F)C3)C2)nc1. The molecule has 5 nitrogen and oxygen atoms in total. The fourth-order valence-corrected chi connectivity index (χ4v) is 5.49. The number of alkyl halides is 3. The predicted octanol–water partition coefficient (Wildman–Crippen LogP) is 5.53. The Hall–Kier alpha value is -3.16. The molecule has 1 fully saturated rings. The van der Waals surface area contributed by atoms with Crippen LogP contribution in [0.25, 0.3) is 0 Å². The molecule has 0 N–H and O–H groups in total. The van der Waals surface area contributed by atoms with Gasteiger partial charge in [0.05, 0.1) is 11.1 Å². The van der Waals surface area contributed by atoms with E-state index in [1.807, 2.05) is 12.1 Å². The highest BCUT2D eigenvalue weighted by atomic mass is 19.4. The van der Waals surface area contributed by atoms with Gasteiger partial charge in [-0.3, -0.25) is 9.59 Å². The molecule has 0 radical (unpaired) electrons. The van der Waals surface area contributed by atoms with Crippen molar-refractivity contribution < 1.29 is 22.8 Å². The Labute approximate surface area is 202 Å². The lowest BCUT2D eigenvalue weighted by Gasteiger charge is -2.24. The minimum Gasteiger partial charge on any atom is -0.348 e. The van der Waals surface area contributed by atoms with Gasteiger partial charge >= 0.3 is 6.18 Å². The molecule has 184 valence electrons. The largest absolute Gasteiger partial charge is 0.417 e. The molecule has 1 saturated carbocycles. The average molecular weight is 484 g/mol. The first kappa shape index (κ1) is 23.6. The molecule has 0 atom stereocenters. The zero-order valence-corrected chi connectivity index (χ0v) is 19.5. The van der Waals surface area contributed by atoms with E-state index in [0.717, 1.165) is 29.5 Å². The third-order valence-corrected chi connectivity index (χ3v) is 7.43. The van der Waals surface area contributed by atoms with E-state index in [4.69, 9.17) is 0 Å². The molecule has 35 heavy (non-hydrogen) atoms. The fourth-order valence-electron chi connectivity index (χ4n) is 5.49. The minimum atomic E-state index is -4.57. The molecule has 1 aliphatic carbocycles. The monoisotopic (exact) mass is 483 g/mol. The molecule has 0 saturated heterocycles. The molecule has 2 aliphatic heterocycles. The van der Waals surface area contributed by atoms with Crippen LogP contribution in [0.15, 0.2) is 53.7 Å². The van der Waals surface area contributed by atoms with E-state index in [9.17, 15) is 22.8 Å². The van der Waals surface area contributed by atoms with Crippen molar-refractivity contribution in [3.8, 4) is 0 Å². The van der Waals surface area contributed by atoms with Gasteiger partial charge in [0.2, 0.25) is 0 Å². The number of hydrogen-bond donors (Lipinski definition) is 0. The second-order valence-corrected chi connectivity index (χ2v) is 9.79. The minimum absolute atomic E-state index is 0.131. The lowest BCUT2D eigenvalue weighted by molar-refractivity contribution is -0.138. The number of pyridine rings is 1. The molecule has 1 aromatic heterocycles. The molecule has 1 aromatic carbocycles. The van der Waals surface area contributed by atoms with E-state index in [2.05, 4.69) is 9.88 Å². The van der Waals surface area contributed by atoms with Crippen LogP contribution in [0.2, 0.25) is 0 Å². The molecule has 0 spiro atoms. The number of hydrogen-bond acceptors (Lipinski definition) is 4. The van der Waals surface area contributed by atoms with Crippen molar-refractivity contribution in [3.63, 3.8) is 0 Å². The number of anilines is 1. The summed E-state index contributed by atoms with van der Waals surface area (Å²) < 4.78 is 40.0. The van der Waals surface area contributed by atoms with Crippen molar-refractivity contribution in [1.29, 1.82) is 0 Å². The molecule has 8 heteroatoms. The van der Waals surface area contributed by atoms with Gasteiger partial charge in [-0.1, -0.05) is 37.8 Å². The zero-order chi connectivity index (χ0) is 24.6. The highest BCUT2D eigenvalue weighted by Crippen LogP contribution is 2.35. The van der Waals surface area contributed by atoms with Gasteiger partial charge in [-0.15, -0.1) is 0 Å². The molecule has 0 bridgehead atoms. The van der Waals surface area contributed by atoms with Crippen molar-refractivity contribution in [1.82, 2.24) is 9.88 Å². The van der Waals surface area contributed by atoms with Crippen LogP contribution in [-0.4, -0.2) is 47.8 Å². The molecule has 2 aromatic rings. The summed E-state index contributed by atoms with van der Waals surface area (Å²) in [7, 11) is 0. The van der Waals surface area contributed by atoms with Crippen LogP contribution in [-0.2, 0) is 6.18 Å². The van der Waals surface area contributed by atoms with Gasteiger partial charge in [-0.2, -0.15) is 13.2 Å². The van der Waals surface area contributed by atoms with Crippen LogP contribution >= 0.6 is 0 Å². The van der Waals surface area contributed by atoms with Crippen LogP contribution in [0.5, 0.6) is 0 Å². The van der Waals surface area contributed by atoms with Crippen molar-refractivity contribution in [2.45, 2.75) is 44.7 Å². The number of nitrogens with zero attached hydrogens (tertiary/aromatic N) is 3. The number of aromatic nitrogens is 1. The van der Waals surface area contributed by atoms with E-state index < -0.39 is 17.6 Å². The Morgan fingerprint density at radius 3 is 2.26 bits per heavy atom. The summed E-state index contributed by atoms with van der Waals surface area (Å²) in [5.74, 6) is 0.966. The first-order valence-corrected chi connectivity index (χ1v) is 12.2. The van der Waals surface area contributed by atoms with E-state index in [0.29, 0.717) is 44.1 Å². The van der Waals surface area contributed by atoms with Crippen molar-refractivity contribution in [3.05, 3.63) is 70.4 Å². The first-order chi connectivity index (χ1) is 16.8. The summed E-state index contributed by atoms with van der Waals surface area (Å²) in [6, 6.07) is 8.61. The van der Waals surface area contributed by atoms with Gasteiger partial charge in [0.25, 0.3) is 5.91 Å². The summed E-state index contributed by atoms with van der Waals surface area (Å²) in [5, 5.41) is 0. The number of carbonyl (C=O) groups excluding carboxylic acids is 2. The van der Waals surface area contributed by atoms with Crippen LogP contribution in [0.1, 0.15) is 64.8 Å². The second kappa shape index (κ2) is 9.47. The summed E-state index contributed by atoms with van der Waals surface area (Å²) >= 11 is 0. The summed E-state index contributed by atoms with van der Waals surface area (Å²) in [6.45, 7) is 1.77. The lowest BCUT2D eigenvalue weighted by atomic mass is 9.98. The molecular weight excluding hydrogens is 455 g/mol. The van der Waals surface area contributed by atoms with Gasteiger partial charge in [-0.05, 0) is 47.8 Å². The van der Waals surface area contributed by atoms with Crippen molar-refractivity contribution in [2.75, 3.05) is 31.1 Å². The highest BCUT2D eigenvalue weighted by molar-refractivity contribution is 5.97. The topological polar surface area (TPSA) is 53.5 Å². The predicted molar refractivity (Wildman–Crippen MR) is 126 cm³/mol. The van der Waals surface area contributed by atoms with Crippen LogP contribution in [0.4, 0.5) is 19.0 Å². The average Bonchev–Trinajstić information content (AvgIpc) is 3.58. The van der Waals surface area contributed by atoms with E-state index in [1.165, 1.54) is 48.8 Å². The third-order valence-electron chi connectivity index (χ3n) is 7.43. The summed E-state index contributed by atoms with van der Waals surface area (Å²) in [6.07, 6.45) is 3.59. The summed E-state index contributed by atoms with van der Waals surface area (Å²) in [4.78, 5) is 33.5. The van der Waals surface area contributed by atoms with E-state index >= 15 is 0 Å². The maximum Gasteiger partial charge on any atom is 0.417 e. The van der Waals surface area contributed by atoms with Crippen molar-refractivity contribution >= 4 is 17.5 Å². The van der Waals surface area contributed by atoms with Gasteiger partial charge in [0, 0.05) is 44.4 Å². The standard InChI is InChI=1S/C27H28F3N3O2/c28-27(29,30)23-8-4-3-7-22(23)26(35)33-16-20-14-32(15-21(20)17-33)25-12-10-19(13-31-25)24(34)11-9-18-5-1-2-6-18/h3-4,7-8,10,12-13,18H,1-2,5-6,9,11,14-17H2. The van der Waals surface area contributed by atoms with Gasteiger partial charge in [0.1, 0.15) is 5.82 Å². The third kappa shape index (κ3) is 4.97. The molecule has 3 aliphatic rings. The Balaban J connectivity index is 1.17. The van der Waals surface area contributed by atoms with Gasteiger partial charge < -0.3 is 9.80 Å². The molecular formula is C27H28F3N3O2. The number of rotatable bonds is 6. The maximum atomic E-state index is 13.3. The Kier molecular flexibility index (Phi) is 6.38.